The van der Waals surface area contributed by atoms with E-state index in [1.54, 1.807) is 0 Å². The van der Waals surface area contributed by atoms with Crippen molar-refractivity contribution in [2.45, 2.75) is 77.8 Å². The van der Waals surface area contributed by atoms with E-state index >= 15 is 0 Å². The van der Waals surface area contributed by atoms with Gasteiger partial charge in [0.1, 0.15) is 0 Å². The van der Waals surface area contributed by atoms with E-state index in [1.807, 2.05) is 0 Å². The molecular formula is C17H29N3. The molecular weight excluding hydrogens is 246 g/mol. The molecule has 2 saturated carbocycles. The maximum absolute atomic E-state index is 4.71. The molecule has 0 aromatic carbocycles. The fraction of sp³-hybridized carbons (Fsp3) is 0.824. The Morgan fingerprint density at radius 1 is 1.15 bits per heavy atom. The SMILES string of the molecule is Cc1cn(CC2CCC(C)CC2)c(NC2CCCC2)n1. The van der Waals surface area contributed by atoms with Gasteiger partial charge in [-0.15, -0.1) is 0 Å². The van der Waals surface area contributed by atoms with Crippen molar-refractivity contribution in [3.8, 4) is 0 Å². The van der Waals surface area contributed by atoms with Gasteiger partial charge in [-0.2, -0.15) is 0 Å². The molecule has 0 radical (unpaired) electrons. The number of nitrogens with one attached hydrogen (secondary N) is 1. The summed E-state index contributed by atoms with van der Waals surface area (Å²) in [7, 11) is 0. The predicted molar refractivity (Wildman–Crippen MR) is 84.0 cm³/mol. The normalized spacial score (nSPS) is 27.9. The predicted octanol–water partition coefficient (Wildman–Crippen LogP) is 4.37. The molecule has 0 amide bonds. The van der Waals surface area contributed by atoms with Crippen LogP contribution < -0.4 is 5.32 Å². The summed E-state index contributed by atoms with van der Waals surface area (Å²) in [4.78, 5) is 4.71. The standard InChI is InChI=1S/C17H29N3/c1-13-7-9-15(10-8-13)12-20-11-14(2)18-17(20)19-16-5-3-4-6-16/h11,13,15-16H,3-10,12H2,1-2H3,(H,18,19). The lowest BCUT2D eigenvalue weighted by Gasteiger charge is -2.27. The molecule has 112 valence electrons. The number of nitrogens with zero attached hydrogens (tertiary/aromatic N) is 2. The topological polar surface area (TPSA) is 29.9 Å². The van der Waals surface area contributed by atoms with Crippen LogP contribution in [0.4, 0.5) is 5.95 Å². The van der Waals surface area contributed by atoms with Crippen LogP contribution in [0.25, 0.3) is 0 Å². The molecule has 1 aromatic heterocycles. The van der Waals surface area contributed by atoms with Gasteiger partial charge in [-0.1, -0.05) is 32.6 Å². The summed E-state index contributed by atoms with van der Waals surface area (Å²) in [5.74, 6) is 2.91. The number of hydrogen-bond acceptors (Lipinski definition) is 2. The van der Waals surface area contributed by atoms with Crippen molar-refractivity contribution in [3.05, 3.63) is 11.9 Å². The molecule has 1 aromatic rings. The highest BCUT2D eigenvalue weighted by Crippen LogP contribution is 2.30. The van der Waals surface area contributed by atoms with Crippen LogP contribution in [0.1, 0.15) is 64.0 Å². The Bertz CT molecular complexity index is 423. The Labute approximate surface area is 123 Å². The van der Waals surface area contributed by atoms with Crippen LogP contribution in [-0.2, 0) is 6.54 Å². The average Bonchev–Trinajstić information content (AvgIpc) is 3.03. The van der Waals surface area contributed by atoms with E-state index in [9.17, 15) is 0 Å². The molecule has 2 fully saturated rings. The number of hydrogen-bond donors (Lipinski definition) is 1. The van der Waals surface area contributed by atoms with Crippen LogP contribution in [0.2, 0.25) is 0 Å². The summed E-state index contributed by atoms with van der Waals surface area (Å²) in [6.45, 7) is 5.66. The quantitative estimate of drug-likeness (QED) is 0.884. The summed E-state index contributed by atoms with van der Waals surface area (Å²) in [5.41, 5.74) is 1.15. The molecule has 2 aliphatic carbocycles. The van der Waals surface area contributed by atoms with Crippen LogP contribution in [0.15, 0.2) is 6.20 Å². The lowest BCUT2D eigenvalue weighted by Crippen LogP contribution is -2.21. The monoisotopic (exact) mass is 275 g/mol. The van der Waals surface area contributed by atoms with Crippen molar-refractivity contribution in [2.24, 2.45) is 11.8 Å². The van der Waals surface area contributed by atoms with Crippen molar-refractivity contribution < 1.29 is 0 Å². The molecule has 3 nitrogen and oxygen atoms in total. The number of aromatic nitrogens is 2. The van der Waals surface area contributed by atoms with E-state index in [2.05, 4.69) is 29.9 Å². The molecule has 2 aliphatic rings. The largest absolute Gasteiger partial charge is 0.353 e. The molecule has 1 N–H and O–H groups in total. The fourth-order valence-corrected chi connectivity index (χ4v) is 3.84. The van der Waals surface area contributed by atoms with Crippen LogP contribution in [0.3, 0.4) is 0 Å². The van der Waals surface area contributed by atoms with Crippen LogP contribution in [0.5, 0.6) is 0 Å². The zero-order chi connectivity index (χ0) is 13.9. The van der Waals surface area contributed by atoms with Gasteiger partial charge in [-0.3, -0.25) is 0 Å². The van der Waals surface area contributed by atoms with E-state index in [0.717, 1.165) is 30.0 Å². The maximum atomic E-state index is 4.71. The smallest absolute Gasteiger partial charge is 0.203 e. The molecule has 3 rings (SSSR count). The number of aryl methyl sites for hydroxylation is 1. The Kier molecular flexibility index (Phi) is 4.32. The van der Waals surface area contributed by atoms with Gasteiger partial charge in [0.15, 0.2) is 0 Å². The zero-order valence-electron chi connectivity index (χ0n) is 13.1. The molecule has 0 saturated heterocycles. The van der Waals surface area contributed by atoms with Gasteiger partial charge in [-0.25, -0.2) is 4.98 Å². The van der Waals surface area contributed by atoms with Crippen molar-refractivity contribution in [3.63, 3.8) is 0 Å². The second-order valence-corrected chi connectivity index (χ2v) is 7.11. The Hall–Kier alpha value is -0.990. The molecule has 3 heteroatoms. The van der Waals surface area contributed by atoms with E-state index in [4.69, 9.17) is 4.98 Å². The Morgan fingerprint density at radius 2 is 1.85 bits per heavy atom. The third-order valence-corrected chi connectivity index (χ3v) is 5.18. The van der Waals surface area contributed by atoms with Crippen LogP contribution in [0, 0.1) is 18.8 Å². The third kappa shape index (κ3) is 3.36. The number of imidazole rings is 1. The average molecular weight is 275 g/mol. The van der Waals surface area contributed by atoms with Gasteiger partial charge in [0, 0.05) is 18.8 Å². The van der Waals surface area contributed by atoms with E-state index in [1.165, 1.54) is 51.4 Å². The van der Waals surface area contributed by atoms with E-state index in [0.29, 0.717) is 6.04 Å². The van der Waals surface area contributed by atoms with Gasteiger partial charge < -0.3 is 9.88 Å². The van der Waals surface area contributed by atoms with Gasteiger partial charge in [0.25, 0.3) is 0 Å². The Morgan fingerprint density at radius 3 is 2.55 bits per heavy atom. The first-order valence-electron chi connectivity index (χ1n) is 8.51. The molecule has 20 heavy (non-hydrogen) atoms. The lowest BCUT2D eigenvalue weighted by atomic mass is 9.83. The second kappa shape index (κ2) is 6.19. The van der Waals surface area contributed by atoms with Crippen LogP contribution in [-0.4, -0.2) is 15.6 Å². The number of rotatable bonds is 4. The van der Waals surface area contributed by atoms with E-state index < -0.39 is 0 Å². The van der Waals surface area contributed by atoms with Crippen LogP contribution >= 0.6 is 0 Å². The Balaban J connectivity index is 1.63. The van der Waals surface area contributed by atoms with Crippen molar-refractivity contribution in [1.29, 1.82) is 0 Å². The summed E-state index contributed by atoms with van der Waals surface area (Å²) in [6, 6.07) is 0.655. The van der Waals surface area contributed by atoms with Crippen molar-refractivity contribution in [1.82, 2.24) is 9.55 Å². The molecule has 0 spiro atoms. The zero-order valence-corrected chi connectivity index (χ0v) is 13.1. The highest BCUT2D eigenvalue weighted by Gasteiger charge is 2.21. The summed E-state index contributed by atoms with van der Waals surface area (Å²) >= 11 is 0. The second-order valence-electron chi connectivity index (χ2n) is 7.11. The molecule has 0 aliphatic heterocycles. The first-order chi connectivity index (χ1) is 9.70. The highest BCUT2D eigenvalue weighted by atomic mass is 15.2. The molecule has 0 bridgehead atoms. The number of anilines is 1. The fourth-order valence-electron chi connectivity index (χ4n) is 3.84. The summed E-state index contributed by atoms with van der Waals surface area (Å²) in [5, 5.41) is 3.68. The maximum Gasteiger partial charge on any atom is 0.203 e. The minimum Gasteiger partial charge on any atom is -0.353 e. The van der Waals surface area contributed by atoms with Gasteiger partial charge in [0.2, 0.25) is 5.95 Å². The van der Waals surface area contributed by atoms with Gasteiger partial charge in [0.05, 0.1) is 5.69 Å². The highest BCUT2D eigenvalue weighted by molar-refractivity contribution is 5.30. The summed E-state index contributed by atoms with van der Waals surface area (Å²) < 4.78 is 2.38. The minimum absolute atomic E-state index is 0.655. The van der Waals surface area contributed by atoms with Crippen molar-refractivity contribution >= 4 is 5.95 Å². The minimum atomic E-state index is 0.655. The molecule has 0 atom stereocenters. The van der Waals surface area contributed by atoms with Gasteiger partial charge in [-0.05, 0) is 44.4 Å². The van der Waals surface area contributed by atoms with Crippen molar-refractivity contribution in [2.75, 3.05) is 5.32 Å². The van der Waals surface area contributed by atoms with E-state index in [-0.39, 0.29) is 0 Å². The molecule has 1 heterocycles. The lowest BCUT2D eigenvalue weighted by molar-refractivity contribution is 0.265. The first kappa shape index (κ1) is 14.0. The first-order valence-corrected chi connectivity index (χ1v) is 8.51. The van der Waals surface area contributed by atoms with Gasteiger partial charge >= 0.3 is 0 Å². The third-order valence-electron chi connectivity index (χ3n) is 5.18. The molecule has 0 unspecified atom stereocenters. The summed E-state index contributed by atoms with van der Waals surface area (Å²) in [6.07, 6.45) is 13.2.